The van der Waals surface area contributed by atoms with Gasteiger partial charge in [-0.1, -0.05) is 12.1 Å². The number of aromatic nitrogens is 2. The molecule has 1 aliphatic heterocycles. The topological polar surface area (TPSA) is 64.5 Å². The highest BCUT2D eigenvalue weighted by atomic mass is 16.5. The Balaban J connectivity index is 1.49. The van der Waals surface area contributed by atoms with Crippen LogP contribution in [0.2, 0.25) is 0 Å². The molecule has 0 unspecified atom stereocenters. The third-order valence-corrected chi connectivity index (χ3v) is 4.34. The van der Waals surface area contributed by atoms with Gasteiger partial charge in [0.1, 0.15) is 11.9 Å². The molecular formula is C19H23N3O3. The van der Waals surface area contributed by atoms with E-state index in [9.17, 15) is 4.79 Å². The molecule has 1 amide bonds. The molecule has 6 heteroatoms. The molecule has 0 spiro atoms. The van der Waals surface area contributed by atoms with Crippen LogP contribution in [0.15, 0.2) is 42.9 Å². The SMILES string of the molecule is COc1ccc(CCC(=O)N2CCC[C@H](Oc3cnccn3)C2)cc1. The number of methoxy groups -OCH3 is 1. The van der Waals surface area contributed by atoms with E-state index in [0.717, 1.165) is 37.1 Å². The third-order valence-electron chi connectivity index (χ3n) is 4.34. The zero-order chi connectivity index (χ0) is 17.5. The van der Waals surface area contributed by atoms with E-state index in [-0.39, 0.29) is 12.0 Å². The third kappa shape index (κ3) is 4.92. The smallest absolute Gasteiger partial charge is 0.232 e. The zero-order valence-corrected chi connectivity index (χ0v) is 14.4. The number of ether oxygens (including phenoxy) is 2. The van der Waals surface area contributed by atoms with E-state index in [0.29, 0.717) is 18.8 Å². The highest BCUT2D eigenvalue weighted by Gasteiger charge is 2.25. The number of hydrogen-bond donors (Lipinski definition) is 0. The van der Waals surface area contributed by atoms with Crippen molar-refractivity contribution in [2.45, 2.75) is 31.8 Å². The highest BCUT2D eigenvalue weighted by Crippen LogP contribution is 2.18. The van der Waals surface area contributed by atoms with Crippen LogP contribution in [0, 0.1) is 0 Å². The number of likely N-dealkylation sites (tertiary alicyclic amines) is 1. The Morgan fingerprint density at radius 1 is 1.28 bits per heavy atom. The van der Waals surface area contributed by atoms with Crippen molar-refractivity contribution in [1.29, 1.82) is 0 Å². The molecule has 0 saturated carbocycles. The average molecular weight is 341 g/mol. The lowest BCUT2D eigenvalue weighted by molar-refractivity contribution is -0.133. The van der Waals surface area contributed by atoms with Gasteiger partial charge in [-0.05, 0) is 37.0 Å². The first-order chi connectivity index (χ1) is 12.2. The molecule has 1 aliphatic rings. The maximum absolute atomic E-state index is 12.5. The molecule has 6 nitrogen and oxygen atoms in total. The molecular weight excluding hydrogens is 318 g/mol. The highest BCUT2D eigenvalue weighted by molar-refractivity contribution is 5.76. The Hall–Kier alpha value is -2.63. The van der Waals surface area contributed by atoms with Crippen LogP contribution >= 0.6 is 0 Å². The summed E-state index contributed by atoms with van der Waals surface area (Å²) in [7, 11) is 1.65. The van der Waals surface area contributed by atoms with E-state index in [2.05, 4.69) is 9.97 Å². The summed E-state index contributed by atoms with van der Waals surface area (Å²) in [6.45, 7) is 1.40. The lowest BCUT2D eigenvalue weighted by Crippen LogP contribution is -2.44. The van der Waals surface area contributed by atoms with Gasteiger partial charge < -0.3 is 14.4 Å². The summed E-state index contributed by atoms with van der Waals surface area (Å²) in [6.07, 6.45) is 7.91. The molecule has 2 heterocycles. The van der Waals surface area contributed by atoms with E-state index in [1.807, 2.05) is 29.2 Å². The summed E-state index contributed by atoms with van der Waals surface area (Å²) in [5.41, 5.74) is 1.14. The largest absolute Gasteiger partial charge is 0.497 e. The van der Waals surface area contributed by atoms with Gasteiger partial charge in [0.2, 0.25) is 11.8 Å². The molecule has 1 fully saturated rings. The number of benzene rings is 1. The molecule has 3 rings (SSSR count). The Kier molecular flexibility index (Phi) is 5.82. The molecule has 2 aromatic rings. The Morgan fingerprint density at radius 3 is 2.84 bits per heavy atom. The van der Waals surface area contributed by atoms with Crippen molar-refractivity contribution in [3.8, 4) is 11.6 Å². The van der Waals surface area contributed by atoms with Crippen LogP contribution in [0.5, 0.6) is 11.6 Å². The van der Waals surface area contributed by atoms with Gasteiger partial charge >= 0.3 is 0 Å². The molecule has 0 N–H and O–H groups in total. The minimum absolute atomic E-state index is 0.0182. The van der Waals surface area contributed by atoms with Crippen LogP contribution in [0.25, 0.3) is 0 Å². The van der Waals surface area contributed by atoms with Crippen molar-refractivity contribution in [3.63, 3.8) is 0 Å². The van der Waals surface area contributed by atoms with E-state index >= 15 is 0 Å². The maximum atomic E-state index is 12.5. The minimum atomic E-state index is -0.0182. The van der Waals surface area contributed by atoms with Crippen LogP contribution in [0.1, 0.15) is 24.8 Å². The van der Waals surface area contributed by atoms with Crippen molar-refractivity contribution >= 4 is 5.91 Å². The predicted molar refractivity (Wildman–Crippen MR) is 93.6 cm³/mol. The fourth-order valence-corrected chi connectivity index (χ4v) is 2.98. The Labute approximate surface area is 147 Å². The molecule has 0 radical (unpaired) electrons. The van der Waals surface area contributed by atoms with Crippen molar-refractivity contribution in [2.24, 2.45) is 0 Å². The monoisotopic (exact) mass is 341 g/mol. The summed E-state index contributed by atoms with van der Waals surface area (Å²) in [6, 6.07) is 7.85. The van der Waals surface area contributed by atoms with Gasteiger partial charge in [0.05, 0.1) is 19.9 Å². The van der Waals surface area contributed by atoms with Gasteiger partial charge in [0.25, 0.3) is 0 Å². The Bertz CT molecular complexity index is 676. The first-order valence-electron chi connectivity index (χ1n) is 8.58. The summed E-state index contributed by atoms with van der Waals surface area (Å²) in [5.74, 6) is 1.51. The van der Waals surface area contributed by atoms with E-state index < -0.39 is 0 Å². The minimum Gasteiger partial charge on any atom is -0.497 e. The van der Waals surface area contributed by atoms with Crippen LogP contribution < -0.4 is 9.47 Å². The summed E-state index contributed by atoms with van der Waals surface area (Å²) in [4.78, 5) is 22.5. The predicted octanol–water partition coefficient (Wildman–Crippen LogP) is 2.49. The number of amides is 1. The molecule has 1 saturated heterocycles. The summed E-state index contributed by atoms with van der Waals surface area (Å²) < 4.78 is 11.0. The zero-order valence-electron chi connectivity index (χ0n) is 14.4. The number of hydrogen-bond acceptors (Lipinski definition) is 5. The van der Waals surface area contributed by atoms with Gasteiger partial charge in [-0.3, -0.25) is 9.78 Å². The number of piperidine rings is 1. The molecule has 0 aliphatic carbocycles. The van der Waals surface area contributed by atoms with E-state index in [1.54, 1.807) is 25.7 Å². The van der Waals surface area contributed by atoms with Gasteiger partial charge in [0, 0.05) is 25.4 Å². The number of rotatable bonds is 6. The van der Waals surface area contributed by atoms with Crippen LogP contribution in [0.4, 0.5) is 0 Å². The van der Waals surface area contributed by atoms with E-state index in [1.165, 1.54) is 0 Å². The lowest BCUT2D eigenvalue weighted by atomic mass is 10.1. The Morgan fingerprint density at radius 2 is 2.12 bits per heavy atom. The van der Waals surface area contributed by atoms with Gasteiger partial charge in [0.15, 0.2) is 0 Å². The second kappa shape index (κ2) is 8.46. The first-order valence-corrected chi connectivity index (χ1v) is 8.58. The number of carbonyl (C=O) groups is 1. The standard InChI is InChI=1S/C19H23N3O3/c1-24-16-7-4-15(5-8-16)6-9-19(23)22-12-2-3-17(14-22)25-18-13-20-10-11-21-18/h4-5,7-8,10-11,13,17H,2-3,6,9,12,14H2,1H3/t17-/m0/s1. The maximum Gasteiger partial charge on any atom is 0.232 e. The van der Waals surface area contributed by atoms with Crippen molar-refractivity contribution in [2.75, 3.05) is 20.2 Å². The first kappa shape index (κ1) is 17.2. The van der Waals surface area contributed by atoms with Crippen LogP contribution in [0.3, 0.4) is 0 Å². The quantitative estimate of drug-likeness (QED) is 0.808. The van der Waals surface area contributed by atoms with Gasteiger partial charge in [-0.25, -0.2) is 4.98 Å². The number of carbonyl (C=O) groups excluding carboxylic acids is 1. The molecule has 25 heavy (non-hydrogen) atoms. The second-order valence-electron chi connectivity index (χ2n) is 6.11. The normalized spacial score (nSPS) is 17.2. The van der Waals surface area contributed by atoms with Crippen molar-refractivity contribution < 1.29 is 14.3 Å². The van der Waals surface area contributed by atoms with Crippen molar-refractivity contribution in [3.05, 3.63) is 48.4 Å². The van der Waals surface area contributed by atoms with Crippen LogP contribution in [-0.4, -0.2) is 47.1 Å². The fraction of sp³-hybridized carbons (Fsp3) is 0.421. The van der Waals surface area contributed by atoms with E-state index in [4.69, 9.17) is 9.47 Å². The average Bonchev–Trinajstić information content (AvgIpc) is 2.67. The van der Waals surface area contributed by atoms with Crippen molar-refractivity contribution in [1.82, 2.24) is 14.9 Å². The van der Waals surface area contributed by atoms with Crippen LogP contribution in [-0.2, 0) is 11.2 Å². The summed E-state index contributed by atoms with van der Waals surface area (Å²) in [5, 5.41) is 0. The molecule has 0 bridgehead atoms. The molecule has 1 atom stereocenters. The number of aryl methyl sites for hydroxylation is 1. The lowest BCUT2D eigenvalue weighted by Gasteiger charge is -2.32. The molecule has 1 aromatic heterocycles. The second-order valence-corrected chi connectivity index (χ2v) is 6.11. The van der Waals surface area contributed by atoms with Gasteiger partial charge in [-0.15, -0.1) is 0 Å². The molecule has 132 valence electrons. The fourth-order valence-electron chi connectivity index (χ4n) is 2.98. The van der Waals surface area contributed by atoms with Gasteiger partial charge in [-0.2, -0.15) is 0 Å². The number of nitrogens with zero attached hydrogens (tertiary/aromatic N) is 3. The molecule has 1 aromatic carbocycles. The summed E-state index contributed by atoms with van der Waals surface area (Å²) >= 11 is 0.